The molecule has 0 aromatic heterocycles. The second-order valence-corrected chi connectivity index (χ2v) is 8.02. The predicted octanol–water partition coefficient (Wildman–Crippen LogP) is 1.85. The number of nitrogens with one attached hydrogen (secondary N) is 1. The van der Waals surface area contributed by atoms with Gasteiger partial charge < -0.3 is 14.6 Å². The van der Waals surface area contributed by atoms with Crippen LogP contribution in [0.3, 0.4) is 0 Å². The summed E-state index contributed by atoms with van der Waals surface area (Å²) in [4.78, 5) is 51.6. The summed E-state index contributed by atoms with van der Waals surface area (Å²) in [6.07, 6.45) is 2.88. The molecule has 27 heavy (non-hydrogen) atoms. The Morgan fingerprint density at radius 1 is 1.07 bits per heavy atom. The Morgan fingerprint density at radius 2 is 1.63 bits per heavy atom. The van der Waals surface area contributed by atoms with Crippen molar-refractivity contribution in [1.29, 1.82) is 0 Å². The van der Waals surface area contributed by atoms with Crippen LogP contribution in [0.1, 0.15) is 60.8 Å². The average Bonchev–Trinajstić information content (AvgIpc) is 2.62. The lowest BCUT2D eigenvalue weighted by atomic mass is 9.93. The Bertz CT molecular complexity index is 521. The molecule has 0 spiro atoms. The molecule has 0 heterocycles. The van der Waals surface area contributed by atoms with E-state index in [1.54, 1.807) is 21.0 Å². The molecule has 156 valence electrons. The quantitative estimate of drug-likeness (QED) is 0.410. The van der Waals surface area contributed by atoms with E-state index in [2.05, 4.69) is 5.32 Å². The summed E-state index contributed by atoms with van der Waals surface area (Å²) in [5.74, 6) is -0.403. The average molecular weight is 384 g/mol. The molecule has 1 N–H and O–H groups in total. The number of likely N-dealkylation sites (N-methyl/N-ethyl adjacent to an activating group) is 2. The first-order valence-corrected chi connectivity index (χ1v) is 9.70. The standard InChI is InChI=1S/C20H37N3O4/c1-9-10-18(26)22(7)16(6)19(27)23(8)20(13-25,11-14(2)3)21-17(12-24)15(4)5/h12-17,21H,9-11H2,1-8H3/t16-,17+,20?/m1/s1. The smallest absolute Gasteiger partial charge is 0.246 e. The molecule has 2 amide bonds. The summed E-state index contributed by atoms with van der Waals surface area (Å²) in [5.41, 5.74) is -1.32. The van der Waals surface area contributed by atoms with Gasteiger partial charge in [0.1, 0.15) is 12.3 Å². The third-order valence-electron chi connectivity index (χ3n) is 4.92. The molecular formula is C20H37N3O4. The number of aldehydes is 2. The highest BCUT2D eigenvalue weighted by Gasteiger charge is 2.42. The lowest BCUT2D eigenvalue weighted by molar-refractivity contribution is -0.151. The van der Waals surface area contributed by atoms with Gasteiger partial charge in [0.2, 0.25) is 11.8 Å². The Kier molecular flexibility index (Phi) is 10.4. The van der Waals surface area contributed by atoms with Crippen LogP contribution in [-0.4, -0.2) is 66.0 Å². The minimum Gasteiger partial charge on any atom is -0.334 e. The van der Waals surface area contributed by atoms with Gasteiger partial charge in [0, 0.05) is 20.5 Å². The highest BCUT2D eigenvalue weighted by atomic mass is 16.2. The minimum absolute atomic E-state index is 0.0382. The van der Waals surface area contributed by atoms with Crippen LogP contribution in [-0.2, 0) is 19.2 Å². The minimum atomic E-state index is -1.32. The van der Waals surface area contributed by atoms with Gasteiger partial charge in [-0.3, -0.25) is 19.7 Å². The molecule has 7 nitrogen and oxygen atoms in total. The fourth-order valence-electron chi connectivity index (χ4n) is 2.97. The van der Waals surface area contributed by atoms with Crippen LogP contribution < -0.4 is 5.32 Å². The van der Waals surface area contributed by atoms with E-state index in [4.69, 9.17) is 0 Å². The Labute approximate surface area is 163 Å². The van der Waals surface area contributed by atoms with Crippen molar-refractivity contribution in [3.8, 4) is 0 Å². The molecule has 0 saturated heterocycles. The zero-order chi connectivity index (χ0) is 21.4. The van der Waals surface area contributed by atoms with Crippen molar-refractivity contribution in [2.24, 2.45) is 11.8 Å². The summed E-state index contributed by atoms with van der Waals surface area (Å²) in [5, 5.41) is 3.09. The second-order valence-electron chi connectivity index (χ2n) is 8.02. The lowest BCUT2D eigenvalue weighted by Crippen LogP contribution is -2.67. The first-order chi connectivity index (χ1) is 12.5. The number of carbonyl (C=O) groups is 4. The third-order valence-corrected chi connectivity index (χ3v) is 4.92. The van der Waals surface area contributed by atoms with E-state index in [1.807, 2.05) is 34.6 Å². The summed E-state index contributed by atoms with van der Waals surface area (Å²) in [7, 11) is 3.14. The number of rotatable bonds is 12. The Morgan fingerprint density at radius 3 is 2.00 bits per heavy atom. The van der Waals surface area contributed by atoms with Crippen molar-refractivity contribution in [3.05, 3.63) is 0 Å². The maximum atomic E-state index is 13.1. The third kappa shape index (κ3) is 6.72. The molecule has 0 fully saturated rings. The Balaban J connectivity index is 5.75. The molecule has 0 rings (SSSR count). The van der Waals surface area contributed by atoms with E-state index in [0.717, 1.165) is 6.29 Å². The van der Waals surface area contributed by atoms with Crippen LogP contribution in [0.4, 0.5) is 0 Å². The van der Waals surface area contributed by atoms with Crippen LogP contribution in [0.2, 0.25) is 0 Å². The first kappa shape index (κ1) is 25.2. The fourth-order valence-corrected chi connectivity index (χ4v) is 2.97. The highest BCUT2D eigenvalue weighted by Crippen LogP contribution is 2.22. The molecule has 0 saturated carbocycles. The SMILES string of the molecule is CCCC(=O)N(C)[C@H](C)C(=O)N(C)C(C=O)(CC(C)C)N[C@@H](C=O)C(C)C. The Hall–Kier alpha value is -1.76. The van der Waals surface area contributed by atoms with Crippen LogP contribution in [0.25, 0.3) is 0 Å². The van der Waals surface area contributed by atoms with Gasteiger partial charge in [-0.25, -0.2) is 0 Å². The maximum Gasteiger partial charge on any atom is 0.246 e. The van der Waals surface area contributed by atoms with E-state index in [9.17, 15) is 19.2 Å². The van der Waals surface area contributed by atoms with Crippen LogP contribution >= 0.6 is 0 Å². The molecule has 7 heteroatoms. The monoisotopic (exact) mass is 383 g/mol. The summed E-state index contributed by atoms with van der Waals surface area (Å²) >= 11 is 0. The van der Waals surface area contributed by atoms with E-state index in [-0.39, 0.29) is 23.7 Å². The molecule has 0 radical (unpaired) electrons. The van der Waals surface area contributed by atoms with Gasteiger partial charge in [-0.15, -0.1) is 0 Å². The molecule has 0 aliphatic carbocycles. The number of amides is 2. The second kappa shape index (κ2) is 11.2. The van der Waals surface area contributed by atoms with Gasteiger partial charge in [0.15, 0.2) is 11.9 Å². The van der Waals surface area contributed by atoms with Gasteiger partial charge in [-0.1, -0.05) is 34.6 Å². The van der Waals surface area contributed by atoms with Crippen molar-refractivity contribution in [3.63, 3.8) is 0 Å². The van der Waals surface area contributed by atoms with Gasteiger partial charge in [0.25, 0.3) is 0 Å². The van der Waals surface area contributed by atoms with Crippen molar-refractivity contribution in [2.75, 3.05) is 14.1 Å². The molecule has 0 aliphatic rings. The normalized spacial score (nSPS) is 15.8. The van der Waals surface area contributed by atoms with Crippen molar-refractivity contribution < 1.29 is 19.2 Å². The van der Waals surface area contributed by atoms with Gasteiger partial charge in [0.05, 0.1) is 6.04 Å². The number of hydrogen-bond donors (Lipinski definition) is 1. The summed E-state index contributed by atoms with van der Waals surface area (Å²) in [6.45, 7) is 11.2. The fraction of sp³-hybridized carbons (Fsp3) is 0.800. The van der Waals surface area contributed by atoms with Gasteiger partial charge >= 0.3 is 0 Å². The molecule has 0 aromatic rings. The zero-order valence-electron chi connectivity index (χ0n) is 18.1. The van der Waals surface area contributed by atoms with E-state index < -0.39 is 17.7 Å². The van der Waals surface area contributed by atoms with E-state index in [1.165, 1.54) is 9.80 Å². The van der Waals surface area contributed by atoms with Crippen molar-refractivity contribution in [2.45, 2.75) is 78.6 Å². The molecule has 0 aromatic carbocycles. The van der Waals surface area contributed by atoms with Gasteiger partial charge in [-0.2, -0.15) is 0 Å². The maximum absolute atomic E-state index is 13.1. The lowest BCUT2D eigenvalue weighted by Gasteiger charge is -2.43. The van der Waals surface area contributed by atoms with Crippen LogP contribution in [0, 0.1) is 11.8 Å². The van der Waals surface area contributed by atoms with Crippen molar-refractivity contribution in [1.82, 2.24) is 15.1 Å². The summed E-state index contributed by atoms with van der Waals surface area (Å²) < 4.78 is 0. The zero-order valence-corrected chi connectivity index (χ0v) is 18.1. The van der Waals surface area contributed by atoms with Crippen LogP contribution in [0.5, 0.6) is 0 Å². The molecule has 1 unspecified atom stereocenters. The van der Waals surface area contributed by atoms with E-state index >= 15 is 0 Å². The largest absolute Gasteiger partial charge is 0.334 e. The number of nitrogens with zero attached hydrogens (tertiary/aromatic N) is 2. The molecular weight excluding hydrogens is 346 g/mol. The predicted molar refractivity (Wildman–Crippen MR) is 106 cm³/mol. The number of hydrogen-bond acceptors (Lipinski definition) is 5. The molecule has 3 atom stereocenters. The van der Waals surface area contributed by atoms with E-state index in [0.29, 0.717) is 25.5 Å². The first-order valence-electron chi connectivity index (χ1n) is 9.70. The number of carbonyl (C=O) groups excluding carboxylic acids is 4. The summed E-state index contributed by atoms with van der Waals surface area (Å²) in [6, 6.07) is -1.28. The molecule has 0 aliphatic heterocycles. The van der Waals surface area contributed by atoms with Crippen LogP contribution in [0.15, 0.2) is 0 Å². The highest BCUT2D eigenvalue weighted by molar-refractivity contribution is 5.89. The molecule has 0 bridgehead atoms. The van der Waals surface area contributed by atoms with Crippen molar-refractivity contribution >= 4 is 24.4 Å². The topological polar surface area (TPSA) is 86.8 Å². The van der Waals surface area contributed by atoms with Gasteiger partial charge in [-0.05, 0) is 31.6 Å².